The summed E-state index contributed by atoms with van der Waals surface area (Å²) in [6, 6.07) is 10.5. The summed E-state index contributed by atoms with van der Waals surface area (Å²) in [7, 11) is 0. The van der Waals surface area contributed by atoms with Crippen LogP contribution in [0.4, 0.5) is 13.2 Å². The summed E-state index contributed by atoms with van der Waals surface area (Å²) in [6.07, 6.45) is -4.78. The lowest BCUT2D eigenvalue weighted by molar-refractivity contribution is -0.250. The van der Waals surface area contributed by atoms with E-state index >= 15 is 0 Å². The Morgan fingerprint density at radius 3 is 2.23 bits per heavy atom. The van der Waals surface area contributed by atoms with Gasteiger partial charge in [-0.2, -0.15) is 23.7 Å². The van der Waals surface area contributed by atoms with E-state index in [9.17, 15) is 18.4 Å². The molecule has 3 nitrogen and oxygen atoms in total. The Morgan fingerprint density at radius 2 is 1.77 bits per heavy atom. The summed E-state index contributed by atoms with van der Waals surface area (Å²) in [5, 5.41) is 18.1. The van der Waals surface area contributed by atoms with Crippen molar-refractivity contribution in [3.05, 3.63) is 58.4 Å². The van der Waals surface area contributed by atoms with Crippen molar-refractivity contribution >= 4 is 0 Å². The van der Waals surface area contributed by atoms with Crippen LogP contribution in [0.1, 0.15) is 19.4 Å². The third kappa shape index (κ3) is 2.05. The number of benzene rings is 1. The standard InChI is InChI=1S/C16H11F3N2O/c1-10(8-20)14-13(9-21)11(2)15(22-14,16(17,18)19)12-6-4-3-5-7-12/h3-7H,1-2H3/b14-10+. The van der Waals surface area contributed by atoms with Gasteiger partial charge in [0.2, 0.25) is 0 Å². The Balaban J connectivity index is 2.84. The molecule has 1 atom stereocenters. The van der Waals surface area contributed by atoms with Crippen LogP contribution in [0, 0.1) is 22.7 Å². The second kappa shape index (κ2) is 5.23. The molecule has 0 fully saturated rings. The number of hydrogen-bond acceptors (Lipinski definition) is 3. The van der Waals surface area contributed by atoms with E-state index in [1.165, 1.54) is 38.1 Å². The normalized spacial score (nSPS) is 23.6. The van der Waals surface area contributed by atoms with Crippen LogP contribution >= 0.6 is 0 Å². The second-order valence-electron chi connectivity index (χ2n) is 4.82. The van der Waals surface area contributed by atoms with Crippen molar-refractivity contribution < 1.29 is 17.9 Å². The Morgan fingerprint density at radius 1 is 1.18 bits per heavy atom. The highest BCUT2D eigenvalue weighted by molar-refractivity contribution is 5.56. The Labute approximate surface area is 125 Å². The highest BCUT2D eigenvalue weighted by Gasteiger charge is 2.64. The molecule has 6 heteroatoms. The SMILES string of the molecule is CC1=C(C#N)/C(=C(/C)C#N)OC1(c1ccccc1)C(F)(F)F. The molecule has 1 aliphatic rings. The highest BCUT2D eigenvalue weighted by atomic mass is 19.4. The third-order valence-corrected chi connectivity index (χ3v) is 3.58. The molecular formula is C16H11F3N2O. The maximum Gasteiger partial charge on any atom is 0.436 e. The average Bonchev–Trinajstić information content (AvgIpc) is 2.80. The van der Waals surface area contributed by atoms with Crippen molar-refractivity contribution in [2.24, 2.45) is 0 Å². The lowest BCUT2D eigenvalue weighted by atomic mass is 9.85. The molecular weight excluding hydrogens is 293 g/mol. The summed E-state index contributed by atoms with van der Waals surface area (Å²) in [5.41, 5.74) is -3.46. The number of nitrogens with zero attached hydrogens (tertiary/aromatic N) is 2. The molecule has 0 radical (unpaired) electrons. The first kappa shape index (κ1) is 15.7. The molecule has 0 aliphatic carbocycles. The molecule has 0 spiro atoms. The zero-order chi connectivity index (χ0) is 16.5. The van der Waals surface area contributed by atoms with Crippen LogP contribution in [0.5, 0.6) is 0 Å². The minimum atomic E-state index is -4.78. The predicted molar refractivity (Wildman–Crippen MR) is 71.9 cm³/mol. The summed E-state index contributed by atoms with van der Waals surface area (Å²) in [6.45, 7) is 2.52. The van der Waals surface area contributed by atoms with Gasteiger partial charge in [0.25, 0.3) is 5.60 Å². The molecule has 0 amide bonds. The van der Waals surface area contributed by atoms with Gasteiger partial charge >= 0.3 is 6.18 Å². The maximum absolute atomic E-state index is 13.8. The molecule has 0 aromatic heterocycles. The van der Waals surface area contributed by atoms with Crippen molar-refractivity contribution in [1.82, 2.24) is 0 Å². The van der Waals surface area contributed by atoms with E-state index in [0.29, 0.717) is 0 Å². The van der Waals surface area contributed by atoms with Crippen LogP contribution in [0.25, 0.3) is 0 Å². The molecule has 1 unspecified atom stereocenters. The minimum absolute atomic E-state index is 0.0713. The topological polar surface area (TPSA) is 56.8 Å². The third-order valence-electron chi connectivity index (χ3n) is 3.58. The Hall–Kier alpha value is -2.73. The van der Waals surface area contributed by atoms with E-state index in [1.54, 1.807) is 18.2 Å². The van der Waals surface area contributed by atoms with Gasteiger partial charge in [-0.25, -0.2) is 0 Å². The Kier molecular flexibility index (Phi) is 3.72. The molecule has 0 N–H and O–H groups in total. The minimum Gasteiger partial charge on any atom is -0.466 e. The molecule has 2 rings (SSSR count). The summed E-state index contributed by atoms with van der Waals surface area (Å²) < 4.78 is 46.7. The first-order chi connectivity index (χ1) is 10.3. The van der Waals surface area contributed by atoms with E-state index in [4.69, 9.17) is 10.00 Å². The second-order valence-corrected chi connectivity index (χ2v) is 4.82. The van der Waals surface area contributed by atoms with Gasteiger partial charge in [-0.15, -0.1) is 0 Å². The number of halogens is 3. The Bertz CT molecular complexity index is 748. The number of hydrogen-bond donors (Lipinski definition) is 0. The predicted octanol–water partition coefficient (Wildman–Crippen LogP) is 4.11. The molecule has 1 aromatic rings. The molecule has 0 saturated carbocycles. The van der Waals surface area contributed by atoms with Crippen molar-refractivity contribution in [3.63, 3.8) is 0 Å². The number of ether oxygens (including phenoxy) is 1. The molecule has 112 valence electrons. The molecule has 22 heavy (non-hydrogen) atoms. The van der Waals surface area contributed by atoms with Crippen LogP contribution < -0.4 is 0 Å². The van der Waals surface area contributed by atoms with Crippen LogP contribution in [-0.2, 0) is 10.3 Å². The van der Waals surface area contributed by atoms with E-state index in [0.717, 1.165) is 0 Å². The summed E-state index contributed by atoms with van der Waals surface area (Å²) in [4.78, 5) is 0. The average molecular weight is 304 g/mol. The van der Waals surface area contributed by atoms with Gasteiger partial charge < -0.3 is 4.74 Å². The molecule has 0 saturated heterocycles. The van der Waals surface area contributed by atoms with Crippen molar-refractivity contribution in [2.45, 2.75) is 25.6 Å². The largest absolute Gasteiger partial charge is 0.466 e. The number of allylic oxidation sites excluding steroid dienone is 2. The van der Waals surface area contributed by atoms with E-state index < -0.39 is 11.8 Å². The van der Waals surface area contributed by atoms with Gasteiger partial charge in [0.05, 0.1) is 17.2 Å². The van der Waals surface area contributed by atoms with Gasteiger partial charge in [0.1, 0.15) is 6.07 Å². The molecule has 0 bridgehead atoms. The van der Waals surface area contributed by atoms with Crippen LogP contribution in [0.2, 0.25) is 0 Å². The number of alkyl halides is 3. The highest BCUT2D eigenvalue weighted by Crippen LogP contribution is 2.54. The van der Waals surface area contributed by atoms with Crippen LogP contribution in [-0.4, -0.2) is 6.18 Å². The van der Waals surface area contributed by atoms with Crippen molar-refractivity contribution in [1.29, 1.82) is 10.5 Å². The monoisotopic (exact) mass is 304 g/mol. The maximum atomic E-state index is 13.8. The zero-order valence-electron chi connectivity index (χ0n) is 11.8. The first-order valence-electron chi connectivity index (χ1n) is 6.33. The fraction of sp³-hybridized carbons (Fsp3) is 0.250. The lowest BCUT2D eigenvalue weighted by Gasteiger charge is -2.33. The smallest absolute Gasteiger partial charge is 0.436 e. The van der Waals surface area contributed by atoms with Gasteiger partial charge in [-0.1, -0.05) is 30.3 Å². The van der Waals surface area contributed by atoms with E-state index in [2.05, 4.69) is 0 Å². The van der Waals surface area contributed by atoms with Gasteiger partial charge in [-0.05, 0) is 13.8 Å². The summed E-state index contributed by atoms with van der Waals surface area (Å²) in [5.74, 6) is -0.316. The number of nitriles is 2. The van der Waals surface area contributed by atoms with Crippen LogP contribution in [0.15, 0.2) is 52.8 Å². The quantitative estimate of drug-likeness (QED) is 0.734. The fourth-order valence-corrected chi connectivity index (χ4v) is 2.46. The number of rotatable bonds is 1. The molecule has 1 aliphatic heterocycles. The van der Waals surface area contributed by atoms with E-state index in [1.807, 2.05) is 0 Å². The van der Waals surface area contributed by atoms with E-state index in [-0.39, 0.29) is 28.0 Å². The first-order valence-corrected chi connectivity index (χ1v) is 6.33. The fourth-order valence-electron chi connectivity index (χ4n) is 2.46. The summed E-state index contributed by atoms with van der Waals surface area (Å²) >= 11 is 0. The van der Waals surface area contributed by atoms with Crippen molar-refractivity contribution in [3.8, 4) is 12.1 Å². The van der Waals surface area contributed by atoms with Gasteiger partial charge in [0.15, 0.2) is 5.76 Å². The zero-order valence-corrected chi connectivity index (χ0v) is 11.8. The van der Waals surface area contributed by atoms with Crippen molar-refractivity contribution in [2.75, 3.05) is 0 Å². The lowest BCUT2D eigenvalue weighted by Crippen LogP contribution is -2.43. The molecule has 1 heterocycles. The molecule has 1 aromatic carbocycles. The van der Waals surface area contributed by atoms with Crippen LogP contribution in [0.3, 0.4) is 0 Å². The van der Waals surface area contributed by atoms with Gasteiger partial charge in [-0.3, -0.25) is 0 Å². The van der Waals surface area contributed by atoms with Gasteiger partial charge in [0, 0.05) is 11.1 Å².